The minimum Gasteiger partial charge on any atom is -0.495 e. The van der Waals surface area contributed by atoms with Gasteiger partial charge in [0.05, 0.1) is 24.4 Å². The SMILES string of the molecule is COc1ccc(NC(C)=O)cc1NC(C)C(=O)Nc1ccc(C#N)cc1. The van der Waals surface area contributed by atoms with Gasteiger partial charge in [-0.25, -0.2) is 0 Å². The summed E-state index contributed by atoms with van der Waals surface area (Å²) in [5.74, 6) is 0.117. The molecule has 0 aliphatic heterocycles. The second kappa shape index (κ2) is 8.53. The third kappa shape index (κ3) is 4.98. The Balaban J connectivity index is 2.09. The van der Waals surface area contributed by atoms with Crippen LogP contribution in [0.4, 0.5) is 17.1 Å². The van der Waals surface area contributed by atoms with Crippen LogP contribution in [0.2, 0.25) is 0 Å². The summed E-state index contributed by atoms with van der Waals surface area (Å²) in [6, 6.07) is 13.2. The predicted octanol–water partition coefficient (Wildman–Crippen LogP) is 2.96. The van der Waals surface area contributed by atoms with Crippen LogP contribution in [0, 0.1) is 11.3 Å². The summed E-state index contributed by atoms with van der Waals surface area (Å²) >= 11 is 0. The number of carbonyl (C=O) groups is 2. The number of carbonyl (C=O) groups excluding carboxylic acids is 2. The van der Waals surface area contributed by atoms with Crippen molar-refractivity contribution in [2.45, 2.75) is 19.9 Å². The fraction of sp³-hybridized carbons (Fsp3) is 0.211. The molecule has 7 nitrogen and oxygen atoms in total. The van der Waals surface area contributed by atoms with Crippen molar-refractivity contribution in [2.75, 3.05) is 23.1 Å². The van der Waals surface area contributed by atoms with Crippen molar-refractivity contribution >= 4 is 28.9 Å². The van der Waals surface area contributed by atoms with Gasteiger partial charge in [0.15, 0.2) is 0 Å². The van der Waals surface area contributed by atoms with Crippen molar-refractivity contribution < 1.29 is 14.3 Å². The van der Waals surface area contributed by atoms with Gasteiger partial charge in [-0.05, 0) is 49.4 Å². The molecular formula is C19H20N4O3. The molecule has 2 aromatic rings. The Morgan fingerprint density at radius 3 is 2.31 bits per heavy atom. The Labute approximate surface area is 152 Å². The van der Waals surface area contributed by atoms with Gasteiger partial charge in [-0.3, -0.25) is 9.59 Å². The van der Waals surface area contributed by atoms with Crippen molar-refractivity contribution in [3.8, 4) is 11.8 Å². The summed E-state index contributed by atoms with van der Waals surface area (Å²) < 4.78 is 5.29. The maximum Gasteiger partial charge on any atom is 0.246 e. The molecule has 1 atom stereocenters. The first kappa shape index (κ1) is 18.8. The molecule has 3 N–H and O–H groups in total. The van der Waals surface area contributed by atoms with Crippen LogP contribution in [0.3, 0.4) is 0 Å². The van der Waals surface area contributed by atoms with Gasteiger partial charge < -0.3 is 20.7 Å². The Morgan fingerprint density at radius 2 is 1.73 bits per heavy atom. The molecule has 1 unspecified atom stereocenters. The highest BCUT2D eigenvalue weighted by atomic mass is 16.5. The number of benzene rings is 2. The molecule has 0 spiro atoms. The van der Waals surface area contributed by atoms with E-state index in [1.165, 1.54) is 14.0 Å². The maximum absolute atomic E-state index is 12.4. The molecule has 2 aromatic carbocycles. The van der Waals surface area contributed by atoms with E-state index in [4.69, 9.17) is 10.00 Å². The zero-order valence-electron chi connectivity index (χ0n) is 14.8. The van der Waals surface area contributed by atoms with Crippen LogP contribution >= 0.6 is 0 Å². The second-order valence-electron chi connectivity index (χ2n) is 5.64. The number of hydrogen-bond acceptors (Lipinski definition) is 5. The predicted molar refractivity (Wildman–Crippen MR) is 100 cm³/mol. The monoisotopic (exact) mass is 352 g/mol. The van der Waals surface area contributed by atoms with Crippen molar-refractivity contribution in [3.63, 3.8) is 0 Å². The lowest BCUT2D eigenvalue weighted by atomic mass is 10.2. The number of nitrogens with one attached hydrogen (secondary N) is 3. The normalized spacial score (nSPS) is 11.0. The number of methoxy groups -OCH3 is 1. The lowest BCUT2D eigenvalue weighted by Gasteiger charge is -2.18. The van der Waals surface area contributed by atoms with Gasteiger partial charge in [0.1, 0.15) is 11.8 Å². The van der Waals surface area contributed by atoms with E-state index in [2.05, 4.69) is 16.0 Å². The van der Waals surface area contributed by atoms with E-state index in [1.807, 2.05) is 6.07 Å². The molecule has 2 amide bonds. The van der Waals surface area contributed by atoms with Crippen LogP contribution in [0.5, 0.6) is 5.75 Å². The van der Waals surface area contributed by atoms with Crippen molar-refractivity contribution in [1.29, 1.82) is 5.26 Å². The minimum absolute atomic E-state index is 0.187. The molecule has 0 heterocycles. The molecule has 134 valence electrons. The van der Waals surface area contributed by atoms with E-state index in [9.17, 15) is 9.59 Å². The van der Waals surface area contributed by atoms with Gasteiger partial charge in [-0.15, -0.1) is 0 Å². The summed E-state index contributed by atoms with van der Waals surface area (Å²) in [7, 11) is 1.53. The molecule has 2 rings (SSSR count). The lowest BCUT2D eigenvalue weighted by Crippen LogP contribution is -2.32. The molecule has 7 heteroatoms. The van der Waals surface area contributed by atoms with E-state index in [0.717, 1.165) is 0 Å². The summed E-state index contributed by atoms with van der Waals surface area (Å²) in [5, 5.41) is 17.3. The molecule has 0 aliphatic rings. The third-order valence-electron chi connectivity index (χ3n) is 3.57. The topological polar surface area (TPSA) is 103 Å². The van der Waals surface area contributed by atoms with Crippen LogP contribution in [0.25, 0.3) is 0 Å². The van der Waals surface area contributed by atoms with Gasteiger partial charge >= 0.3 is 0 Å². The standard InChI is InChI=1S/C19H20N4O3/c1-12(19(25)23-15-6-4-14(11-20)5-7-15)21-17-10-16(22-13(2)24)8-9-18(17)26-3/h4-10,12,21H,1-3H3,(H,22,24)(H,23,25). The highest BCUT2D eigenvalue weighted by Gasteiger charge is 2.15. The second-order valence-corrected chi connectivity index (χ2v) is 5.64. The molecular weight excluding hydrogens is 332 g/mol. The molecule has 0 saturated heterocycles. The fourth-order valence-corrected chi connectivity index (χ4v) is 2.28. The summed E-state index contributed by atoms with van der Waals surface area (Å²) in [5.41, 5.74) is 2.30. The van der Waals surface area contributed by atoms with E-state index < -0.39 is 6.04 Å². The summed E-state index contributed by atoms with van der Waals surface area (Å²) in [4.78, 5) is 23.6. The average molecular weight is 352 g/mol. The smallest absolute Gasteiger partial charge is 0.246 e. The summed E-state index contributed by atoms with van der Waals surface area (Å²) in [6.45, 7) is 3.13. The maximum atomic E-state index is 12.4. The number of hydrogen-bond donors (Lipinski definition) is 3. The Morgan fingerprint density at radius 1 is 1.08 bits per heavy atom. The number of amides is 2. The molecule has 26 heavy (non-hydrogen) atoms. The van der Waals surface area contributed by atoms with Gasteiger partial charge in [0.2, 0.25) is 11.8 Å². The first-order valence-electron chi connectivity index (χ1n) is 7.96. The van der Waals surface area contributed by atoms with Crippen molar-refractivity contribution in [3.05, 3.63) is 48.0 Å². The van der Waals surface area contributed by atoms with Crippen LogP contribution in [0.15, 0.2) is 42.5 Å². The van der Waals surface area contributed by atoms with E-state index in [-0.39, 0.29) is 11.8 Å². The number of anilines is 3. The molecule has 0 saturated carbocycles. The van der Waals surface area contributed by atoms with Crippen molar-refractivity contribution in [2.24, 2.45) is 0 Å². The lowest BCUT2D eigenvalue weighted by molar-refractivity contribution is -0.116. The van der Waals surface area contributed by atoms with Crippen LogP contribution in [-0.4, -0.2) is 25.0 Å². The van der Waals surface area contributed by atoms with Gasteiger partial charge in [0.25, 0.3) is 0 Å². The fourth-order valence-electron chi connectivity index (χ4n) is 2.28. The molecule has 0 radical (unpaired) electrons. The number of nitrogens with zero attached hydrogens (tertiary/aromatic N) is 1. The van der Waals surface area contributed by atoms with Crippen LogP contribution in [-0.2, 0) is 9.59 Å². The molecule has 0 fully saturated rings. The molecule has 0 aliphatic carbocycles. The molecule has 0 bridgehead atoms. The van der Waals surface area contributed by atoms with Gasteiger partial charge in [-0.2, -0.15) is 5.26 Å². The quantitative estimate of drug-likeness (QED) is 0.741. The number of rotatable bonds is 6. The van der Waals surface area contributed by atoms with Crippen molar-refractivity contribution in [1.82, 2.24) is 0 Å². The first-order chi connectivity index (χ1) is 12.4. The molecule has 0 aromatic heterocycles. The van der Waals surface area contributed by atoms with Gasteiger partial charge in [0, 0.05) is 18.3 Å². The summed E-state index contributed by atoms with van der Waals surface area (Å²) in [6.07, 6.45) is 0. The van der Waals surface area contributed by atoms with E-state index >= 15 is 0 Å². The van der Waals surface area contributed by atoms with Crippen LogP contribution < -0.4 is 20.7 Å². The van der Waals surface area contributed by atoms with Gasteiger partial charge in [-0.1, -0.05) is 0 Å². The zero-order valence-corrected chi connectivity index (χ0v) is 14.8. The number of nitriles is 1. The van der Waals surface area contributed by atoms with Crippen LogP contribution in [0.1, 0.15) is 19.4 Å². The van der Waals surface area contributed by atoms with E-state index in [0.29, 0.717) is 28.4 Å². The Kier molecular flexibility index (Phi) is 6.17. The third-order valence-corrected chi connectivity index (χ3v) is 3.57. The first-order valence-corrected chi connectivity index (χ1v) is 7.96. The number of ether oxygens (including phenoxy) is 1. The average Bonchev–Trinajstić information content (AvgIpc) is 2.62. The van der Waals surface area contributed by atoms with E-state index in [1.54, 1.807) is 49.4 Å². The zero-order chi connectivity index (χ0) is 19.1. The highest BCUT2D eigenvalue weighted by Crippen LogP contribution is 2.28. The minimum atomic E-state index is -0.563. The largest absolute Gasteiger partial charge is 0.495 e. The Bertz CT molecular complexity index is 841. The highest BCUT2D eigenvalue weighted by molar-refractivity contribution is 5.97. The Hall–Kier alpha value is -3.53.